The molecule has 0 aromatic rings. The van der Waals surface area contributed by atoms with Crippen LogP contribution in [0.2, 0.25) is 0 Å². The van der Waals surface area contributed by atoms with Crippen molar-refractivity contribution in [1.29, 1.82) is 0 Å². The Labute approximate surface area is 530 Å². The Morgan fingerprint density at radius 2 is 0.793 bits per heavy atom. The van der Waals surface area contributed by atoms with Crippen molar-refractivity contribution < 1.29 is 64.6 Å². The normalized spacial score (nSPS) is 23.6. The topological polar surface area (TPSA) is 228 Å². The number of rotatable bonds is 59. The van der Waals surface area contributed by atoms with E-state index >= 15 is 0 Å². The standard InChI is InChI=1S/C73H133NO13/c1-3-5-7-9-11-13-15-17-19-21-22-23-24-25-26-27-28-29-30-31-32-33-34-35-36-37-38-39-40-41-43-45-47-49-51-53-55-57-65(78)74-61(62(77)56-54-52-50-48-46-44-42-20-18-16-14-12-10-8-6-4-2)60-84-72-70(83)68(81)71(64(59-76)86-72)87-73-69(82)67(80)66(79)63(58-75)85-73/h5,7,11,13,17,19,22-23,25-26,61-64,66-73,75-77,79-83H,3-4,6,8-10,12,14-16,18,20-21,24,27-60H2,1-2H3,(H,74,78)/b7-5-,13-11-,19-17-,23-22-,26-25-. The first-order chi connectivity index (χ1) is 42.6. The molecule has 0 saturated carbocycles. The number of hydrogen-bond acceptors (Lipinski definition) is 13. The molecule has 2 aliphatic rings. The summed E-state index contributed by atoms with van der Waals surface area (Å²) in [5, 5.41) is 87.5. The van der Waals surface area contributed by atoms with Crippen molar-refractivity contribution >= 4 is 5.91 Å². The lowest BCUT2D eigenvalue weighted by Gasteiger charge is -2.46. The molecule has 2 saturated heterocycles. The zero-order valence-electron chi connectivity index (χ0n) is 55.3. The lowest BCUT2D eigenvalue weighted by molar-refractivity contribution is -0.359. The van der Waals surface area contributed by atoms with Crippen molar-refractivity contribution in [2.45, 2.75) is 376 Å². The summed E-state index contributed by atoms with van der Waals surface area (Å²) >= 11 is 0. The quantitative estimate of drug-likeness (QED) is 0.0204. The van der Waals surface area contributed by atoms with E-state index in [4.69, 9.17) is 18.9 Å². The molecule has 508 valence electrons. The lowest BCUT2D eigenvalue weighted by Crippen LogP contribution is -2.65. The van der Waals surface area contributed by atoms with Gasteiger partial charge in [-0.05, 0) is 57.8 Å². The number of unbranched alkanes of at least 4 members (excludes halogenated alkanes) is 36. The highest BCUT2D eigenvalue weighted by molar-refractivity contribution is 5.76. The summed E-state index contributed by atoms with van der Waals surface area (Å²) in [5.74, 6) is -0.202. The van der Waals surface area contributed by atoms with Crippen molar-refractivity contribution in [2.75, 3.05) is 19.8 Å². The van der Waals surface area contributed by atoms with E-state index < -0.39 is 86.8 Å². The van der Waals surface area contributed by atoms with Crippen LogP contribution in [0.15, 0.2) is 60.8 Å². The van der Waals surface area contributed by atoms with E-state index in [9.17, 15) is 45.6 Å². The monoisotopic (exact) mass is 1230 g/mol. The third kappa shape index (κ3) is 41.7. The molecule has 2 heterocycles. The molecule has 2 rings (SSSR count). The van der Waals surface area contributed by atoms with Gasteiger partial charge in [0.2, 0.25) is 5.91 Å². The van der Waals surface area contributed by atoms with Crippen molar-refractivity contribution in [2.24, 2.45) is 0 Å². The molecule has 87 heavy (non-hydrogen) atoms. The second kappa shape index (κ2) is 57.6. The minimum Gasteiger partial charge on any atom is -0.394 e. The molecule has 0 aromatic heterocycles. The predicted molar refractivity (Wildman–Crippen MR) is 355 cm³/mol. The number of hydrogen-bond donors (Lipinski definition) is 9. The first kappa shape index (κ1) is 80.8. The molecule has 0 aliphatic carbocycles. The number of carbonyl (C=O) groups excluding carboxylic acids is 1. The average Bonchev–Trinajstić information content (AvgIpc) is 2.36. The highest BCUT2D eigenvalue weighted by atomic mass is 16.7. The maximum atomic E-state index is 13.3. The van der Waals surface area contributed by atoms with E-state index in [-0.39, 0.29) is 12.5 Å². The van der Waals surface area contributed by atoms with Gasteiger partial charge in [0.05, 0.1) is 32.0 Å². The molecule has 0 spiro atoms. The van der Waals surface area contributed by atoms with Gasteiger partial charge in [-0.1, -0.05) is 299 Å². The van der Waals surface area contributed by atoms with E-state index in [2.05, 4.69) is 79.9 Å². The summed E-state index contributed by atoms with van der Waals surface area (Å²) in [6.07, 6.45) is 59.6. The number of allylic oxidation sites excluding steroid dienone is 10. The van der Waals surface area contributed by atoms with E-state index in [1.807, 2.05) is 0 Å². The zero-order valence-corrected chi connectivity index (χ0v) is 55.3. The fourth-order valence-corrected chi connectivity index (χ4v) is 11.8. The Hall–Kier alpha value is -2.31. The Morgan fingerprint density at radius 1 is 0.425 bits per heavy atom. The minimum absolute atomic E-state index is 0.202. The Morgan fingerprint density at radius 3 is 1.22 bits per heavy atom. The van der Waals surface area contributed by atoms with Crippen LogP contribution >= 0.6 is 0 Å². The average molecular weight is 1230 g/mol. The predicted octanol–water partition coefficient (Wildman–Crippen LogP) is 14.8. The number of aliphatic hydroxyl groups is 8. The molecule has 12 unspecified atom stereocenters. The minimum atomic E-state index is -1.78. The highest BCUT2D eigenvalue weighted by Gasteiger charge is 2.51. The van der Waals surface area contributed by atoms with Crippen LogP contribution in [0, 0.1) is 0 Å². The molecule has 2 aliphatic heterocycles. The number of ether oxygens (including phenoxy) is 4. The highest BCUT2D eigenvalue weighted by Crippen LogP contribution is 2.30. The SMILES string of the molecule is CC/C=C\C/C=C\C/C=C\C/C=C\C/C=C\CCCCCCCCCCCCCCCCCCCCCCCC(=O)NC(COC1OC(CO)C(OC2OC(CO)C(O)C(O)C2O)C(O)C1O)C(O)CCCCCCCCCCCCCCCCCC. The van der Waals surface area contributed by atoms with Crippen LogP contribution in [0.5, 0.6) is 0 Å². The number of nitrogens with one attached hydrogen (secondary N) is 1. The molecule has 0 aromatic carbocycles. The maximum absolute atomic E-state index is 13.3. The van der Waals surface area contributed by atoms with Gasteiger partial charge in [0.15, 0.2) is 12.6 Å². The van der Waals surface area contributed by atoms with Crippen LogP contribution in [-0.2, 0) is 23.7 Å². The third-order valence-corrected chi connectivity index (χ3v) is 17.5. The van der Waals surface area contributed by atoms with Crippen molar-refractivity contribution in [3.05, 3.63) is 60.8 Å². The van der Waals surface area contributed by atoms with Gasteiger partial charge < -0.3 is 65.1 Å². The summed E-state index contributed by atoms with van der Waals surface area (Å²) < 4.78 is 22.9. The van der Waals surface area contributed by atoms with Gasteiger partial charge in [-0.3, -0.25) is 4.79 Å². The van der Waals surface area contributed by atoms with Crippen LogP contribution in [0.4, 0.5) is 0 Å². The zero-order chi connectivity index (χ0) is 63.1. The van der Waals surface area contributed by atoms with Gasteiger partial charge >= 0.3 is 0 Å². The molecule has 0 bridgehead atoms. The smallest absolute Gasteiger partial charge is 0.220 e. The molecule has 14 heteroatoms. The number of aliphatic hydroxyl groups excluding tert-OH is 8. The lowest BCUT2D eigenvalue weighted by atomic mass is 9.97. The van der Waals surface area contributed by atoms with Crippen LogP contribution in [0.25, 0.3) is 0 Å². The molecule has 9 N–H and O–H groups in total. The summed E-state index contributed by atoms with van der Waals surface area (Å²) in [6, 6.07) is -0.828. The van der Waals surface area contributed by atoms with Crippen LogP contribution in [-0.4, -0.2) is 140 Å². The summed E-state index contributed by atoms with van der Waals surface area (Å²) in [5.41, 5.74) is 0. The molecule has 1 amide bonds. The first-order valence-corrected chi connectivity index (χ1v) is 36.0. The Balaban J connectivity index is 1.58. The van der Waals surface area contributed by atoms with Gasteiger partial charge in [0.1, 0.15) is 48.8 Å². The summed E-state index contributed by atoms with van der Waals surface area (Å²) in [4.78, 5) is 13.3. The summed E-state index contributed by atoms with van der Waals surface area (Å²) in [6.45, 7) is 2.78. The van der Waals surface area contributed by atoms with E-state index in [0.717, 1.165) is 83.5 Å². The van der Waals surface area contributed by atoms with Crippen molar-refractivity contribution in [1.82, 2.24) is 5.32 Å². The van der Waals surface area contributed by atoms with Gasteiger partial charge in [-0.15, -0.1) is 0 Å². The second-order valence-corrected chi connectivity index (χ2v) is 25.3. The first-order valence-electron chi connectivity index (χ1n) is 36.0. The van der Waals surface area contributed by atoms with E-state index in [1.165, 1.54) is 193 Å². The van der Waals surface area contributed by atoms with E-state index in [1.54, 1.807) is 0 Å². The Kier molecular flexibility index (Phi) is 53.5. The van der Waals surface area contributed by atoms with Gasteiger partial charge in [0.25, 0.3) is 0 Å². The fraction of sp³-hybridized carbons (Fsp3) is 0.849. The molecule has 12 atom stereocenters. The maximum Gasteiger partial charge on any atom is 0.220 e. The fourth-order valence-electron chi connectivity index (χ4n) is 11.8. The number of amides is 1. The Bertz CT molecular complexity index is 1690. The van der Waals surface area contributed by atoms with Gasteiger partial charge in [-0.2, -0.15) is 0 Å². The third-order valence-electron chi connectivity index (χ3n) is 17.5. The molecule has 2 fully saturated rings. The van der Waals surface area contributed by atoms with Crippen LogP contribution in [0.3, 0.4) is 0 Å². The largest absolute Gasteiger partial charge is 0.394 e. The molecule has 14 nitrogen and oxygen atoms in total. The van der Waals surface area contributed by atoms with Gasteiger partial charge in [0, 0.05) is 6.42 Å². The number of carbonyl (C=O) groups is 1. The van der Waals surface area contributed by atoms with E-state index in [0.29, 0.717) is 12.8 Å². The molecule has 0 radical (unpaired) electrons. The second-order valence-electron chi connectivity index (χ2n) is 25.3. The van der Waals surface area contributed by atoms with Crippen molar-refractivity contribution in [3.8, 4) is 0 Å². The molecular weight excluding hydrogens is 1100 g/mol. The van der Waals surface area contributed by atoms with Gasteiger partial charge in [-0.25, -0.2) is 0 Å². The summed E-state index contributed by atoms with van der Waals surface area (Å²) in [7, 11) is 0. The van der Waals surface area contributed by atoms with Crippen molar-refractivity contribution in [3.63, 3.8) is 0 Å². The van der Waals surface area contributed by atoms with Crippen LogP contribution < -0.4 is 5.32 Å². The van der Waals surface area contributed by atoms with Crippen LogP contribution in [0.1, 0.15) is 303 Å². The molecular formula is C73H133NO13.